The van der Waals surface area contributed by atoms with Crippen molar-refractivity contribution in [3.05, 3.63) is 23.8 Å². The van der Waals surface area contributed by atoms with Crippen LogP contribution < -0.4 is 10.1 Å². The third-order valence-electron chi connectivity index (χ3n) is 3.88. The maximum Gasteiger partial charge on any atom is 0.160 e. The summed E-state index contributed by atoms with van der Waals surface area (Å²) >= 11 is 0. The predicted octanol–water partition coefficient (Wildman–Crippen LogP) is 2.82. The maximum absolute atomic E-state index is 9.76. The van der Waals surface area contributed by atoms with Crippen molar-refractivity contribution in [1.82, 2.24) is 5.32 Å². The van der Waals surface area contributed by atoms with Crippen molar-refractivity contribution >= 4 is 0 Å². The standard InChI is InChI=1S/C16H24N2O2/c1-12(2)16(11-17,8-5-9-18-3)13-6-7-14(19)15(10-13)20-4/h6-7,10,12,18-19H,5,8-9H2,1-4H3. The topological polar surface area (TPSA) is 65.3 Å². The van der Waals surface area contributed by atoms with Gasteiger partial charge in [0.25, 0.3) is 0 Å². The summed E-state index contributed by atoms with van der Waals surface area (Å²) in [5.41, 5.74) is 0.346. The number of phenolic OH excluding ortho intramolecular Hbond substituents is 1. The predicted molar refractivity (Wildman–Crippen MR) is 79.9 cm³/mol. The summed E-state index contributed by atoms with van der Waals surface area (Å²) in [5, 5.41) is 22.6. The molecule has 2 N–H and O–H groups in total. The van der Waals surface area contributed by atoms with Crippen LogP contribution in [-0.2, 0) is 5.41 Å². The average molecular weight is 276 g/mol. The van der Waals surface area contributed by atoms with Crippen molar-refractivity contribution in [2.45, 2.75) is 32.1 Å². The zero-order valence-electron chi connectivity index (χ0n) is 12.7. The Kier molecular flexibility index (Phi) is 5.84. The van der Waals surface area contributed by atoms with Crippen LogP contribution in [0, 0.1) is 17.2 Å². The van der Waals surface area contributed by atoms with E-state index in [0.29, 0.717) is 5.75 Å². The van der Waals surface area contributed by atoms with Crippen LogP contribution in [0.3, 0.4) is 0 Å². The fourth-order valence-corrected chi connectivity index (χ4v) is 2.52. The fourth-order valence-electron chi connectivity index (χ4n) is 2.52. The number of hydrogen-bond acceptors (Lipinski definition) is 4. The Labute approximate surface area is 121 Å². The van der Waals surface area contributed by atoms with Gasteiger partial charge in [0.2, 0.25) is 0 Å². The highest BCUT2D eigenvalue weighted by molar-refractivity contribution is 5.46. The number of nitrogens with one attached hydrogen (secondary N) is 1. The van der Waals surface area contributed by atoms with E-state index in [2.05, 4.69) is 25.2 Å². The highest BCUT2D eigenvalue weighted by atomic mass is 16.5. The van der Waals surface area contributed by atoms with Crippen LogP contribution in [-0.4, -0.2) is 25.8 Å². The third-order valence-corrected chi connectivity index (χ3v) is 3.88. The van der Waals surface area contributed by atoms with Crippen molar-refractivity contribution in [2.75, 3.05) is 20.7 Å². The molecule has 0 amide bonds. The lowest BCUT2D eigenvalue weighted by Crippen LogP contribution is -2.31. The second-order valence-electron chi connectivity index (χ2n) is 5.33. The molecule has 1 aromatic rings. The van der Waals surface area contributed by atoms with Crippen molar-refractivity contribution in [1.29, 1.82) is 5.26 Å². The molecule has 0 radical (unpaired) electrons. The molecular formula is C16H24N2O2. The van der Waals surface area contributed by atoms with Gasteiger partial charge in [-0.2, -0.15) is 5.26 Å². The number of nitriles is 1. The first-order valence-electron chi connectivity index (χ1n) is 6.95. The van der Waals surface area contributed by atoms with Gasteiger partial charge in [0.05, 0.1) is 18.6 Å². The molecule has 0 saturated heterocycles. The van der Waals surface area contributed by atoms with Gasteiger partial charge in [-0.05, 0) is 50.0 Å². The third kappa shape index (κ3) is 3.23. The van der Waals surface area contributed by atoms with Crippen LogP contribution >= 0.6 is 0 Å². The molecule has 110 valence electrons. The summed E-state index contributed by atoms with van der Waals surface area (Å²) < 4.78 is 5.16. The minimum atomic E-state index is -0.558. The number of methoxy groups -OCH3 is 1. The van der Waals surface area contributed by atoms with E-state index in [-0.39, 0.29) is 11.7 Å². The molecule has 0 fully saturated rings. The molecule has 1 unspecified atom stereocenters. The second-order valence-corrected chi connectivity index (χ2v) is 5.33. The van der Waals surface area contributed by atoms with Crippen molar-refractivity contribution in [3.63, 3.8) is 0 Å². The highest BCUT2D eigenvalue weighted by Gasteiger charge is 2.36. The summed E-state index contributed by atoms with van der Waals surface area (Å²) in [6, 6.07) is 7.69. The molecule has 0 aliphatic heterocycles. The molecule has 1 aromatic carbocycles. The SMILES string of the molecule is CNCCCC(C#N)(c1ccc(O)c(OC)c1)C(C)C. The lowest BCUT2D eigenvalue weighted by atomic mass is 9.70. The largest absolute Gasteiger partial charge is 0.504 e. The molecule has 0 aromatic heterocycles. The summed E-state index contributed by atoms with van der Waals surface area (Å²) in [5.74, 6) is 0.692. The Balaban J connectivity index is 3.20. The monoisotopic (exact) mass is 276 g/mol. The fraction of sp³-hybridized carbons (Fsp3) is 0.562. The Morgan fingerprint density at radius 1 is 1.45 bits per heavy atom. The Bertz CT molecular complexity index is 480. The van der Waals surface area contributed by atoms with E-state index in [9.17, 15) is 10.4 Å². The van der Waals surface area contributed by atoms with Crippen LogP contribution in [0.2, 0.25) is 0 Å². The van der Waals surface area contributed by atoms with Crippen LogP contribution in [0.5, 0.6) is 11.5 Å². The first-order valence-corrected chi connectivity index (χ1v) is 6.95. The van der Waals surface area contributed by atoms with E-state index in [0.717, 1.165) is 24.9 Å². The van der Waals surface area contributed by atoms with Crippen LogP contribution in [0.15, 0.2) is 18.2 Å². The number of benzene rings is 1. The summed E-state index contributed by atoms with van der Waals surface area (Å²) in [4.78, 5) is 0. The molecule has 4 heteroatoms. The van der Waals surface area contributed by atoms with Crippen LogP contribution in [0.25, 0.3) is 0 Å². The van der Waals surface area contributed by atoms with Crippen molar-refractivity contribution in [3.8, 4) is 17.6 Å². The number of nitrogens with zero attached hydrogens (tertiary/aromatic N) is 1. The summed E-state index contributed by atoms with van der Waals surface area (Å²) in [6.45, 7) is 5.00. The first-order chi connectivity index (χ1) is 9.51. The molecule has 0 bridgehead atoms. The minimum absolute atomic E-state index is 0.0991. The van der Waals surface area contributed by atoms with E-state index >= 15 is 0 Å². The molecule has 0 aliphatic carbocycles. The van der Waals surface area contributed by atoms with Gasteiger partial charge in [-0.15, -0.1) is 0 Å². The Morgan fingerprint density at radius 3 is 2.65 bits per heavy atom. The first kappa shape index (κ1) is 16.3. The number of phenols is 1. The van der Waals surface area contributed by atoms with Gasteiger partial charge in [0, 0.05) is 0 Å². The van der Waals surface area contributed by atoms with Gasteiger partial charge in [-0.3, -0.25) is 0 Å². The molecule has 0 saturated carbocycles. The molecule has 0 aliphatic rings. The molecule has 1 atom stereocenters. The lowest BCUT2D eigenvalue weighted by molar-refractivity contribution is 0.348. The van der Waals surface area contributed by atoms with Gasteiger partial charge in [0.15, 0.2) is 11.5 Å². The Hall–Kier alpha value is -1.73. The smallest absolute Gasteiger partial charge is 0.160 e. The molecule has 20 heavy (non-hydrogen) atoms. The maximum atomic E-state index is 9.76. The molecule has 4 nitrogen and oxygen atoms in total. The van der Waals surface area contributed by atoms with Gasteiger partial charge < -0.3 is 15.2 Å². The molecule has 0 heterocycles. The quantitative estimate of drug-likeness (QED) is 0.752. The number of rotatable bonds is 7. The number of aromatic hydroxyl groups is 1. The highest BCUT2D eigenvalue weighted by Crippen LogP contribution is 2.39. The molecule has 1 rings (SSSR count). The van der Waals surface area contributed by atoms with Crippen LogP contribution in [0.1, 0.15) is 32.3 Å². The van der Waals surface area contributed by atoms with E-state index in [1.54, 1.807) is 12.1 Å². The number of hydrogen-bond donors (Lipinski definition) is 2. The minimum Gasteiger partial charge on any atom is -0.504 e. The second kappa shape index (κ2) is 7.16. The van der Waals surface area contributed by atoms with E-state index < -0.39 is 5.41 Å². The zero-order chi connectivity index (χ0) is 15.2. The summed E-state index contributed by atoms with van der Waals surface area (Å²) in [7, 11) is 3.43. The van der Waals surface area contributed by atoms with Crippen molar-refractivity contribution in [2.24, 2.45) is 5.92 Å². The molecule has 0 spiro atoms. The van der Waals surface area contributed by atoms with Crippen molar-refractivity contribution < 1.29 is 9.84 Å². The van der Waals surface area contributed by atoms with E-state index in [4.69, 9.17) is 4.74 Å². The van der Waals surface area contributed by atoms with Gasteiger partial charge in [0.1, 0.15) is 0 Å². The summed E-state index contributed by atoms with van der Waals surface area (Å²) in [6.07, 6.45) is 1.70. The normalized spacial score (nSPS) is 13.8. The molecular weight excluding hydrogens is 252 g/mol. The van der Waals surface area contributed by atoms with Gasteiger partial charge in [-0.25, -0.2) is 0 Å². The number of ether oxygens (including phenoxy) is 1. The van der Waals surface area contributed by atoms with E-state index in [1.165, 1.54) is 7.11 Å². The lowest BCUT2D eigenvalue weighted by Gasteiger charge is -2.31. The average Bonchev–Trinajstić information content (AvgIpc) is 2.44. The zero-order valence-corrected chi connectivity index (χ0v) is 12.7. The Morgan fingerprint density at radius 2 is 2.15 bits per heavy atom. The van der Waals surface area contributed by atoms with Gasteiger partial charge in [-0.1, -0.05) is 19.9 Å². The van der Waals surface area contributed by atoms with Crippen LogP contribution in [0.4, 0.5) is 0 Å². The van der Waals surface area contributed by atoms with Gasteiger partial charge >= 0.3 is 0 Å². The van der Waals surface area contributed by atoms with E-state index in [1.807, 2.05) is 13.1 Å².